The van der Waals surface area contributed by atoms with Crippen LogP contribution >= 0.6 is 0 Å². The quantitative estimate of drug-likeness (QED) is 0.728. The molecule has 0 aliphatic carbocycles. The van der Waals surface area contributed by atoms with Crippen LogP contribution in [0.4, 0.5) is 0 Å². The van der Waals surface area contributed by atoms with Gasteiger partial charge in [0.15, 0.2) is 0 Å². The number of hydrogen-bond donors (Lipinski definition) is 2. The first-order valence-electron chi connectivity index (χ1n) is 6.25. The van der Waals surface area contributed by atoms with Gasteiger partial charge >= 0.3 is 5.97 Å². The molecule has 98 valence electrons. The molecule has 0 amide bonds. The fourth-order valence-electron chi connectivity index (χ4n) is 1.73. The molecule has 0 radical (unpaired) electrons. The smallest absolute Gasteiger partial charge is 0.328 e. The molecule has 0 fully saturated rings. The third-order valence-electron chi connectivity index (χ3n) is 2.81. The summed E-state index contributed by atoms with van der Waals surface area (Å²) < 4.78 is 0. The Hall–Kier alpha value is -1.61. The molecule has 0 spiro atoms. The van der Waals surface area contributed by atoms with Gasteiger partial charge in [0.05, 0.1) is 0 Å². The van der Waals surface area contributed by atoms with E-state index in [4.69, 9.17) is 5.11 Å². The second-order valence-corrected chi connectivity index (χ2v) is 4.64. The number of carbonyl (C=O) groups is 1. The molecular weight excluding hydrogens is 226 g/mol. The van der Waals surface area contributed by atoms with E-state index in [0.717, 1.165) is 18.4 Å². The van der Waals surface area contributed by atoms with E-state index in [-0.39, 0.29) is 0 Å². The highest BCUT2D eigenvalue weighted by atomic mass is 16.4. The molecule has 1 rings (SSSR count). The Kier molecular flexibility index (Phi) is 6.15. The van der Waals surface area contributed by atoms with Gasteiger partial charge in [-0.15, -0.1) is 0 Å². The number of carboxylic acid groups (broad SMARTS) is 1. The van der Waals surface area contributed by atoms with Crippen LogP contribution in [0, 0.1) is 0 Å². The summed E-state index contributed by atoms with van der Waals surface area (Å²) >= 11 is 0. The maximum atomic E-state index is 10.5. The van der Waals surface area contributed by atoms with Gasteiger partial charge in [-0.1, -0.05) is 35.9 Å². The molecule has 18 heavy (non-hydrogen) atoms. The Balaban J connectivity index is 2.26. The Labute approximate surface area is 109 Å². The lowest BCUT2D eigenvalue weighted by Gasteiger charge is -2.13. The largest absolute Gasteiger partial charge is 0.478 e. The number of carboxylic acids is 1. The number of nitrogens with one attached hydrogen (secondary N) is 1. The second-order valence-electron chi connectivity index (χ2n) is 4.64. The third-order valence-corrected chi connectivity index (χ3v) is 2.81. The van der Waals surface area contributed by atoms with E-state index in [0.29, 0.717) is 12.6 Å². The summed E-state index contributed by atoms with van der Waals surface area (Å²) in [5.41, 5.74) is 2.18. The van der Waals surface area contributed by atoms with Crippen LogP contribution in [0.15, 0.2) is 42.0 Å². The van der Waals surface area contributed by atoms with Crippen molar-refractivity contribution < 1.29 is 9.90 Å². The zero-order chi connectivity index (χ0) is 13.4. The summed E-state index contributed by atoms with van der Waals surface area (Å²) in [6.45, 7) is 4.57. The average Bonchev–Trinajstić information content (AvgIpc) is 2.34. The molecule has 1 aromatic carbocycles. The Morgan fingerprint density at radius 2 is 2.06 bits per heavy atom. The molecule has 0 aliphatic rings. The van der Waals surface area contributed by atoms with E-state index in [9.17, 15) is 4.79 Å². The number of rotatable bonds is 7. The van der Waals surface area contributed by atoms with Gasteiger partial charge in [-0.05, 0) is 32.3 Å². The van der Waals surface area contributed by atoms with E-state index in [1.165, 1.54) is 11.6 Å². The molecule has 1 aromatic rings. The lowest BCUT2D eigenvalue weighted by molar-refractivity contribution is -0.131. The maximum Gasteiger partial charge on any atom is 0.328 e. The minimum Gasteiger partial charge on any atom is -0.478 e. The molecule has 3 nitrogen and oxygen atoms in total. The molecule has 0 saturated heterocycles. The SMILES string of the molecule is C/C(=C\C(=O)O)CNC(C)CCc1ccccc1. The zero-order valence-electron chi connectivity index (χ0n) is 11.0. The molecule has 0 saturated carbocycles. The van der Waals surface area contributed by atoms with Crippen LogP contribution in [0.3, 0.4) is 0 Å². The zero-order valence-corrected chi connectivity index (χ0v) is 11.0. The third kappa shape index (κ3) is 6.21. The van der Waals surface area contributed by atoms with Crippen LogP contribution < -0.4 is 5.32 Å². The summed E-state index contributed by atoms with van der Waals surface area (Å²) in [5.74, 6) is -0.883. The number of benzene rings is 1. The molecule has 1 unspecified atom stereocenters. The Morgan fingerprint density at radius 3 is 2.67 bits per heavy atom. The van der Waals surface area contributed by atoms with Crippen LogP contribution in [0.5, 0.6) is 0 Å². The fourth-order valence-corrected chi connectivity index (χ4v) is 1.73. The average molecular weight is 247 g/mol. The van der Waals surface area contributed by atoms with Gasteiger partial charge in [0, 0.05) is 18.7 Å². The van der Waals surface area contributed by atoms with Crippen LogP contribution in [0.1, 0.15) is 25.8 Å². The summed E-state index contributed by atoms with van der Waals surface area (Å²) in [4.78, 5) is 10.5. The minimum absolute atomic E-state index is 0.377. The van der Waals surface area contributed by atoms with Crippen molar-refractivity contribution in [2.24, 2.45) is 0 Å². The van der Waals surface area contributed by atoms with Crippen LogP contribution in [-0.2, 0) is 11.2 Å². The molecular formula is C15H21NO2. The summed E-state index contributed by atoms with van der Waals surface area (Å²) in [7, 11) is 0. The van der Waals surface area contributed by atoms with Crippen LogP contribution in [-0.4, -0.2) is 23.7 Å². The van der Waals surface area contributed by atoms with Crippen molar-refractivity contribution in [3.05, 3.63) is 47.5 Å². The monoisotopic (exact) mass is 247 g/mol. The van der Waals surface area contributed by atoms with Crippen molar-refractivity contribution in [1.82, 2.24) is 5.32 Å². The second kappa shape index (κ2) is 7.67. The minimum atomic E-state index is -0.883. The van der Waals surface area contributed by atoms with Gasteiger partial charge in [0.2, 0.25) is 0 Å². The molecule has 0 aliphatic heterocycles. The van der Waals surface area contributed by atoms with E-state index in [1.54, 1.807) is 0 Å². The van der Waals surface area contributed by atoms with E-state index in [1.807, 2.05) is 25.1 Å². The van der Waals surface area contributed by atoms with Crippen molar-refractivity contribution in [3.8, 4) is 0 Å². The standard InChI is InChI=1S/C15H21NO2/c1-12(10-15(17)18)11-16-13(2)8-9-14-6-4-3-5-7-14/h3-7,10,13,16H,8-9,11H2,1-2H3,(H,17,18)/b12-10+. The van der Waals surface area contributed by atoms with E-state index >= 15 is 0 Å². The highest BCUT2D eigenvalue weighted by molar-refractivity contribution is 5.80. The molecule has 1 atom stereocenters. The summed E-state index contributed by atoms with van der Waals surface area (Å²) in [6.07, 6.45) is 3.33. The van der Waals surface area contributed by atoms with Gasteiger partial charge in [0.25, 0.3) is 0 Å². The van der Waals surface area contributed by atoms with Crippen molar-refractivity contribution in [3.63, 3.8) is 0 Å². The van der Waals surface area contributed by atoms with Gasteiger partial charge in [0.1, 0.15) is 0 Å². The van der Waals surface area contributed by atoms with E-state index in [2.05, 4.69) is 24.4 Å². The first kappa shape index (κ1) is 14.5. The highest BCUT2D eigenvalue weighted by Gasteiger charge is 2.02. The molecule has 0 heterocycles. The van der Waals surface area contributed by atoms with Crippen LogP contribution in [0.2, 0.25) is 0 Å². The Morgan fingerprint density at radius 1 is 1.39 bits per heavy atom. The lowest BCUT2D eigenvalue weighted by atomic mass is 10.1. The van der Waals surface area contributed by atoms with Crippen molar-refractivity contribution in [2.45, 2.75) is 32.7 Å². The first-order chi connectivity index (χ1) is 8.58. The highest BCUT2D eigenvalue weighted by Crippen LogP contribution is 2.05. The van der Waals surface area contributed by atoms with Gasteiger partial charge in [-0.25, -0.2) is 4.79 Å². The predicted octanol–water partition coefficient (Wildman–Crippen LogP) is 2.63. The Bertz CT molecular complexity index is 398. The first-order valence-corrected chi connectivity index (χ1v) is 6.25. The van der Waals surface area contributed by atoms with Crippen molar-refractivity contribution in [1.29, 1.82) is 0 Å². The molecule has 0 aromatic heterocycles. The van der Waals surface area contributed by atoms with Crippen molar-refractivity contribution >= 4 is 5.97 Å². The number of aryl methyl sites for hydroxylation is 1. The van der Waals surface area contributed by atoms with Gasteiger partial charge < -0.3 is 10.4 Å². The normalized spacial score (nSPS) is 13.3. The lowest BCUT2D eigenvalue weighted by Crippen LogP contribution is -2.28. The molecule has 2 N–H and O–H groups in total. The topological polar surface area (TPSA) is 49.3 Å². The molecule has 0 bridgehead atoms. The number of hydrogen-bond acceptors (Lipinski definition) is 2. The summed E-state index contributed by atoms with van der Waals surface area (Å²) in [6, 6.07) is 10.7. The van der Waals surface area contributed by atoms with Gasteiger partial charge in [-0.3, -0.25) is 0 Å². The number of aliphatic carboxylic acids is 1. The molecule has 3 heteroatoms. The maximum absolute atomic E-state index is 10.5. The summed E-state index contributed by atoms with van der Waals surface area (Å²) in [5, 5.41) is 11.9. The van der Waals surface area contributed by atoms with Crippen LogP contribution in [0.25, 0.3) is 0 Å². The van der Waals surface area contributed by atoms with Gasteiger partial charge in [-0.2, -0.15) is 0 Å². The van der Waals surface area contributed by atoms with Crippen molar-refractivity contribution in [2.75, 3.05) is 6.54 Å². The predicted molar refractivity (Wildman–Crippen MR) is 73.6 cm³/mol. The fraction of sp³-hybridized carbons (Fsp3) is 0.400. The van der Waals surface area contributed by atoms with E-state index < -0.39 is 5.97 Å².